The maximum atomic E-state index is 13.3. The van der Waals surface area contributed by atoms with E-state index < -0.39 is 5.82 Å². The van der Waals surface area contributed by atoms with Crippen LogP contribution >= 0.6 is 0 Å². The number of methoxy groups -OCH3 is 1. The Labute approximate surface area is 99.1 Å². The number of hydrogen-bond acceptors (Lipinski definition) is 3. The standard InChI is InChI=1S/C13H13FN2O/c1-8-3-12(14)13(15)5-11(8)9-4-10(17-2)7-16-6-9/h3-7H,15H2,1-2H3. The van der Waals surface area contributed by atoms with Crippen molar-refractivity contribution in [3.8, 4) is 16.9 Å². The SMILES string of the molecule is COc1cncc(-c2cc(N)c(F)cc2C)c1. The summed E-state index contributed by atoms with van der Waals surface area (Å²) in [5.41, 5.74) is 8.23. The number of ether oxygens (including phenoxy) is 1. The van der Waals surface area contributed by atoms with Crippen molar-refractivity contribution in [1.82, 2.24) is 4.98 Å². The van der Waals surface area contributed by atoms with Gasteiger partial charge in [0.1, 0.15) is 11.6 Å². The Balaban J connectivity index is 2.56. The molecule has 2 rings (SSSR count). The molecule has 0 atom stereocenters. The van der Waals surface area contributed by atoms with Crippen LogP contribution in [0.5, 0.6) is 5.75 Å². The lowest BCUT2D eigenvalue weighted by atomic mass is 10.0. The molecule has 0 saturated heterocycles. The quantitative estimate of drug-likeness (QED) is 0.810. The molecule has 1 aromatic heterocycles. The summed E-state index contributed by atoms with van der Waals surface area (Å²) >= 11 is 0. The van der Waals surface area contributed by atoms with Gasteiger partial charge in [-0.2, -0.15) is 0 Å². The van der Waals surface area contributed by atoms with Crippen molar-refractivity contribution in [3.63, 3.8) is 0 Å². The van der Waals surface area contributed by atoms with Crippen LogP contribution in [0.4, 0.5) is 10.1 Å². The molecule has 2 aromatic rings. The molecular weight excluding hydrogens is 219 g/mol. The summed E-state index contributed by atoms with van der Waals surface area (Å²) in [4.78, 5) is 4.07. The maximum absolute atomic E-state index is 13.3. The number of anilines is 1. The van der Waals surface area contributed by atoms with Gasteiger partial charge in [-0.3, -0.25) is 4.98 Å². The van der Waals surface area contributed by atoms with Crippen molar-refractivity contribution < 1.29 is 9.13 Å². The minimum atomic E-state index is -0.401. The number of nitrogen functional groups attached to an aromatic ring is 1. The lowest BCUT2D eigenvalue weighted by molar-refractivity contribution is 0.413. The Bertz CT molecular complexity index is 555. The minimum Gasteiger partial charge on any atom is -0.495 e. The summed E-state index contributed by atoms with van der Waals surface area (Å²) in [6.45, 7) is 1.83. The van der Waals surface area contributed by atoms with Crippen molar-refractivity contribution in [2.24, 2.45) is 0 Å². The van der Waals surface area contributed by atoms with Gasteiger partial charge in [-0.15, -0.1) is 0 Å². The number of halogens is 1. The molecule has 0 amide bonds. The van der Waals surface area contributed by atoms with Gasteiger partial charge >= 0.3 is 0 Å². The van der Waals surface area contributed by atoms with Gasteiger partial charge in [-0.05, 0) is 36.2 Å². The summed E-state index contributed by atoms with van der Waals surface area (Å²) < 4.78 is 18.4. The Morgan fingerprint density at radius 3 is 2.71 bits per heavy atom. The molecule has 0 unspecified atom stereocenters. The van der Waals surface area contributed by atoms with Crippen LogP contribution in [0.1, 0.15) is 5.56 Å². The highest BCUT2D eigenvalue weighted by Gasteiger charge is 2.08. The topological polar surface area (TPSA) is 48.1 Å². The minimum absolute atomic E-state index is 0.133. The van der Waals surface area contributed by atoms with Crippen LogP contribution in [0.3, 0.4) is 0 Å². The van der Waals surface area contributed by atoms with E-state index in [0.29, 0.717) is 5.75 Å². The molecule has 0 bridgehead atoms. The van der Waals surface area contributed by atoms with E-state index in [4.69, 9.17) is 10.5 Å². The second-order valence-electron chi connectivity index (χ2n) is 3.80. The summed E-state index contributed by atoms with van der Waals surface area (Å²) in [7, 11) is 1.58. The number of pyridine rings is 1. The van der Waals surface area contributed by atoms with Crippen molar-refractivity contribution in [1.29, 1.82) is 0 Å². The second-order valence-corrected chi connectivity index (χ2v) is 3.80. The van der Waals surface area contributed by atoms with Gasteiger partial charge in [0.2, 0.25) is 0 Å². The van der Waals surface area contributed by atoms with Crippen molar-refractivity contribution >= 4 is 5.69 Å². The number of aryl methyl sites for hydroxylation is 1. The molecule has 1 aromatic carbocycles. The first kappa shape index (κ1) is 11.4. The lowest BCUT2D eigenvalue weighted by Gasteiger charge is -2.09. The molecule has 0 aliphatic rings. The highest BCUT2D eigenvalue weighted by atomic mass is 19.1. The first-order chi connectivity index (χ1) is 8.11. The molecule has 2 N–H and O–H groups in total. The van der Waals surface area contributed by atoms with Crippen LogP contribution < -0.4 is 10.5 Å². The Hall–Kier alpha value is -2.10. The van der Waals surface area contributed by atoms with Crippen LogP contribution in [-0.4, -0.2) is 12.1 Å². The van der Waals surface area contributed by atoms with Crippen molar-refractivity contribution in [3.05, 3.63) is 42.0 Å². The van der Waals surface area contributed by atoms with E-state index >= 15 is 0 Å². The number of nitrogens with zero attached hydrogens (tertiary/aromatic N) is 1. The first-order valence-corrected chi connectivity index (χ1v) is 5.17. The van der Waals surface area contributed by atoms with Crippen molar-refractivity contribution in [2.45, 2.75) is 6.92 Å². The van der Waals surface area contributed by atoms with Gasteiger partial charge in [0.05, 0.1) is 19.0 Å². The van der Waals surface area contributed by atoms with E-state index in [2.05, 4.69) is 4.98 Å². The molecule has 0 aliphatic heterocycles. The van der Waals surface area contributed by atoms with E-state index in [1.54, 1.807) is 25.6 Å². The Morgan fingerprint density at radius 1 is 1.24 bits per heavy atom. The molecular formula is C13H13FN2O. The molecule has 1 heterocycles. The molecule has 0 fully saturated rings. The highest BCUT2D eigenvalue weighted by Crippen LogP contribution is 2.28. The molecule has 17 heavy (non-hydrogen) atoms. The average Bonchev–Trinajstić information content (AvgIpc) is 2.34. The fourth-order valence-corrected chi connectivity index (χ4v) is 1.68. The van der Waals surface area contributed by atoms with Gasteiger partial charge in [-0.1, -0.05) is 0 Å². The normalized spacial score (nSPS) is 10.3. The number of aromatic nitrogens is 1. The molecule has 0 radical (unpaired) electrons. The van der Waals surface area contributed by atoms with E-state index in [9.17, 15) is 4.39 Å². The van der Waals surface area contributed by atoms with Crippen LogP contribution in [0, 0.1) is 12.7 Å². The number of rotatable bonds is 2. The fourth-order valence-electron chi connectivity index (χ4n) is 1.68. The first-order valence-electron chi connectivity index (χ1n) is 5.17. The number of nitrogens with two attached hydrogens (primary N) is 1. The van der Waals surface area contributed by atoms with Crippen molar-refractivity contribution in [2.75, 3.05) is 12.8 Å². The Kier molecular flexibility index (Phi) is 2.95. The van der Waals surface area contributed by atoms with Gasteiger partial charge < -0.3 is 10.5 Å². The molecule has 0 aliphatic carbocycles. The van der Waals surface area contributed by atoms with E-state index in [-0.39, 0.29) is 5.69 Å². The molecule has 0 spiro atoms. The third-order valence-corrected chi connectivity index (χ3v) is 2.60. The van der Waals surface area contributed by atoms with Crippen LogP contribution in [0.25, 0.3) is 11.1 Å². The molecule has 3 nitrogen and oxygen atoms in total. The molecule has 4 heteroatoms. The monoisotopic (exact) mass is 232 g/mol. The van der Waals surface area contributed by atoms with E-state index in [1.165, 1.54) is 6.07 Å². The third kappa shape index (κ3) is 2.20. The molecule has 0 saturated carbocycles. The fraction of sp³-hybridized carbons (Fsp3) is 0.154. The largest absolute Gasteiger partial charge is 0.495 e. The van der Waals surface area contributed by atoms with E-state index in [0.717, 1.165) is 16.7 Å². The zero-order chi connectivity index (χ0) is 12.4. The Morgan fingerprint density at radius 2 is 2.00 bits per heavy atom. The van der Waals surface area contributed by atoms with Gasteiger partial charge in [-0.25, -0.2) is 4.39 Å². The predicted octanol–water partition coefficient (Wildman–Crippen LogP) is 2.79. The summed E-state index contributed by atoms with van der Waals surface area (Å²) in [5, 5.41) is 0. The second kappa shape index (κ2) is 4.41. The van der Waals surface area contributed by atoms with Gasteiger partial charge in [0.15, 0.2) is 0 Å². The van der Waals surface area contributed by atoms with E-state index in [1.807, 2.05) is 13.0 Å². The smallest absolute Gasteiger partial charge is 0.146 e. The molecule has 88 valence electrons. The average molecular weight is 232 g/mol. The van der Waals surface area contributed by atoms with Gasteiger partial charge in [0, 0.05) is 11.8 Å². The zero-order valence-electron chi connectivity index (χ0n) is 9.70. The number of benzene rings is 1. The van der Waals surface area contributed by atoms with Crippen LogP contribution in [0.2, 0.25) is 0 Å². The van der Waals surface area contributed by atoms with Gasteiger partial charge in [0.25, 0.3) is 0 Å². The predicted molar refractivity (Wildman–Crippen MR) is 65.3 cm³/mol. The highest BCUT2D eigenvalue weighted by molar-refractivity contribution is 5.71. The summed E-state index contributed by atoms with van der Waals surface area (Å²) in [6, 6.07) is 4.87. The summed E-state index contributed by atoms with van der Waals surface area (Å²) in [5.74, 6) is 0.256. The number of hydrogen-bond donors (Lipinski definition) is 1. The summed E-state index contributed by atoms with van der Waals surface area (Å²) in [6.07, 6.45) is 3.31. The zero-order valence-corrected chi connectivity index (χ0v) is 9.70. The van der Waals surface area contributed by atoms with Crippen LogP contribution in [-0.2, 0) is 0 Å². The third-order valence-electron chi connectivity index (χ3n) is 2.60. The van der Waals surface area contributed by atoms with Crippen LogP contribution in [0.15, 0.2) is 30.6 Å². The maximum Gasteiger partial charge on any atom is 0.146 e. The lowest BCUT2D eigenvalue weighted by Crippen LogP contribution is -1.94.